The van der Waals surface area contributed by atoms with Crippen LogP contribution in [0.2, 0.25) is 5.02 Å². The fourth-order valence-electron chi connectivity index (χ4n) is 4.00. The zero-order valence-electron chi connectivity index (χ0n) is 18.1. The third kappa shape index (κ3) is 5.47. The highest BCUT2D eigenvalue weighted by molar-refractivity contribution is 9.10. The van der Waals surface area contributed by atoms with Gasteiger partial charge in [-0.05, 0) is 50.3 Å². The van der Waals surface area contributed by atoms with Crippen molar-refractivity contribution in [3.63, 3.8) is 0 Å². The number of rotatable bonds is 7. The molecule has 0 saturated carbocycles. The Labute approximate surface area is 213 Å². The second-order valence-corrected chi connectivity index (χ2v) is 9.12. The van der Waals surface area contributed by atoms with Crippen LogP contribution in [0, 0.1) is 5.82 Å². The van der Waals surface area contributed by atoms with Crippen molar-refractivity contribution in [3.05, 3.63) is 87.1 Å². The highest BCUT2D eigenvalue weighted by Gasteiger charge is 2.30. The van der Waals surface area contributed by atoms with Gasteiger partial charge in [0.15, 0.2) is 0 Å². The Kier molecular flexibility index (Phi) is 7.37. The van der Waals surface area contributed by atoms with E-state index in [-0.39, 0.29) is 27.7 Å². The van der Waals surface area contributed by atoms with Gasteiger partial charge in [-0.1, -0.05) is 60.1 Å². The van der Waals surface area contributed by atoms with Crippen molar-refractivity contribution >= 4 is 51.2 Å². The molecule has 0 aliphatic heterocycles. The minimum atomic E-state index is -1.51. The molecule has 3 aromatic carbocycles. The Morgan fingerprint density at radius 2 is 1.66 bits per heavy atom. The summed E-state index contributed by atoms with van der Waals surface area (Å²) in [6, 6.07) is 16.3. The van der Waals surface area contributed by atoms with E-state index in [0.29, 0.717) is 0 Å². The number of carbonyl (C=O) groups is 3. The van der Waals surface area contributed by atoms with Crippen LogP contribution in [0.15, 0.2) is 65.1 Å². The van der Waals surface area contributed by atoms with Gasteiger partial charge in [-0.25, -0.2) is 9.18 Å². The lowest BCUT2D eigenvalue weighted by molar-refractivity contribution is -0.139. The molecule has 0 aromatic heterocycles. The number of alkyl carbamates (subject to hydrolysis) is 1. The summed E-state index contributed by atoms with van der Waals surface area (Å²) in [5.41, 5.74) is 3.85. The van der Waals surface area contributed by atoms with Gasteiger partial charge in [0, 0.05) is 10.4 Å². The molecule has 0 bridgehead atoms. The Balaban J connectivity index is 1.45. The smallest absolute Gasteiger partial charge is 0.407 e. The van der Waals surface area contributed by atoms with Gasteiger partial charge in [0.05, 0.1) is 17.1 Å². The van der Waals surface area contributed by atoms with Crippen molar-refractivity contribution in [2.45, 2.75) is 18.4 Å². The second-order valence-electron chi connectivity index (χ2n) is 7.86. The minimum absolute atomic E-state index is 0.0157. The maximum absolute atomic E-state index is 14.2. The number of aliphatic carboxylic acids is 1. The summed E-state index contributed by atoms with van der Waals surface area (Å²) in [4.78, 5) is 36.5. The minimum Gasteiger partial charge on any atom is -0.481 e. The first-order valence-corrected chi connectivity index (χ1v) is 11.7. The zero-order chi connectivity index (χ0) is 25.1. The molecule has 1 atom stereocenters. The number of anilines is 1. The lowest BCUT2D eigenvalue weighted by Gasteiger charge is -2.19. The SMILES string of the molecule is O=C(O)CC(NC(=O)OCC1c2ccccc2-c2ccccc21)C(=O)Nc1cc(Cl)c(Br)cc1F. The summed E-state index contributed by atoms with van der Waals surface area (Å²) >= 11 is 9.01. The Hall–Kier alpha value is -3.43. The predicted octanol–water partition coefficient (Wildman–Crippen LogP) is 5.56. The van der Waals surface area contributed by atoms with E-state index in [2.05, 4.69) is 26.6 Å². The lowest BCUT2D eigenvalue weighted by atomic mass is 9.98. The van der Waals surface area contributed by atoms with Crippen LogP contribution in [0.25, 0.3) is 11.1 Å². The molecule has 3 N–H and O–H groups in total. The maximum atomic E-state index is 14.2. The number of carboxylic acid groups (broad SMARTS) is 1. The van der Waals surface area contributed by atoms with Crippen molar-refractivity contribution in [1.82, 2.24) is 5.32 Å². The van der Waals surface area contributed by atoms with Crippen LogP contribution < -0.4 is 10.6 Å². The molecule has 0 saturated heterocycles. The van der Waals surface area contributed by atoms with Gasteiger partial charge in [0.2, 0.25) is 5.91 Å². The van der Waals surface area contributed by atoms with Gasteiger partial charge < -0.3 is 20.5 Å². The Morgan fingerprint density at radius 3 is 2.26 bits per heavy atom. The topological polar surface area (TPSA) is 105 Å². The monoisotopic (exact) mass is 560 g/mol. The Morgan fingerprint density at radius 1 is 1.06 bits per heavy atom. The van der Waals surface area contributed by atoms with Crippen LogP contribution in [0.4, 0.5) is 14.9 Å². The molecular formula is C25H19BrClFN2O5. The van der Waals surface area contributed by atoms with E-state index >= 15 is 0 Å². The number of halogens is 3. The molecule has 10 heteroatoms. The van der Waals surface area contributed by atoms with E-state index in [1.54, 1.807) is 0 Å². The van der Waals surface area contributed by atoms with E-state index < -0.39 is 36.2 Å². The van der Waals surface area contributed by atoms with Crippen LogP contribution >= 0.6 is 27.5 Å². The number of amides is 2. The number of carboxylic acids is 1. The number of fused-ring (bicyclic) bond motifs is 3. The zero-order valence-corrected chi connectivity index (χ0v) is 20.4. The standard InChI is InChI=1S/C25H19BrClFN2O5/c26-18-9-20(28)21(10-19(18)27)29-24(33)22(11-23(31)32)30-25(34)35-12-17-15-7-3-1-5-13(15)14-6-2-4-8-16(14)17/h1-10,17,22H,11-12H2,(H,29,33)(H,30,34)(H,31,32). The number of nitrogens with one attached hydrogen (secondary N) is 2. The number of carbonyl (C=O) groups excluding carboxylic acids is 2. The normalized spacial score (nSPS) is 12.9. The average molecular weight is 562 g/mol. The molecule has 7 nitrogen and oxygen atoms in total. The lowest BCUT2D eigenvalue weighted by Crippen LogP contribution is -2.45. The van der Waals surface area contributed by atoms with Crippen LogP contribution in [-0.4, -0.2) is 35.7 Å². The van der Waals surface area contributed by atoms with Gasteiger partial charge in [-0.3, -0.25) is 9.59 Å². The van der Waals surface area contributed by atoms with E-state index in [4.69, 9.17) is 16.3 Å². The summed E-state index contributed by atoms with van der Waals surface area (Å²) in [6.45, 7) is -0.0157. The number of hydrogen-bond acceptors (Lipinski definition) is 4. The number of hydrogen-bond donors (Lipinski definition) is 3. The number of benzene rings is 3. The molecule has 180 valence electrons. The summed E-state index contributed by atoms with van der Waals surface area (Å²) in [5.74, 6) is -3.26. The third-order valence-electron chi connectivity index (χ3n) is 5.60. The van der Waals surface area contributed by atoms with E-state index in [9.17, 15) is 23.9 Å². The molecular weight excluding hydrogens is 543 g/mol. The summed E-state index contributed by atoms with van der Waals surface area (Å²) < 4.78 is 19.9. The molecule has 3 aromatic rings. The van der Waals surface area contributed by atoms with Crippen LogP contribution in [0.1, 0.15) is 23.5 Å². The molecule has 2 amide bonds. The van der Waals surface area contributed by atoms with E-state index in [1.165, 1.54) is 6.07 Å². The second kappa shape index (κ2) is 10.5. The summed E-state index contributed by atoms with van der Waals surface area (Å²) in [7, 11) is 0. The first-order valence-electron chi connectivity index (χ1n) is 10.5. The first-order chi connectivity index (χ1) is 16.7. The molecule has 1 aliphatic carbocycles. The molecule has 1 aliphatic rings. The number of ether oxygens (including phenoxy) is 1. The predicted molar refractivity (Wildman–Crippen MR) is 132 cm³/mol. The van der Waals surface area contributed by atoms with Gasteiger partial charge in [0.1, 0.15) is 18.5 Å². The Bertz CT molecular complexity index is 1270. The third-order valence-corrected chi connectivity index (χ3v) is 6.80. The van der Waals surface area contributed by atoms with Crippen molar-refractivity contribution in [1.29, 1.82) is 0 Å². The van der Waals surface area contributed by atoms with Crippen LogP contribution in [-0.2, 0) is 14.3 Å². The molecule has 35 heavy (non-hydrogen) atoms. The molecule has 0 heterocycles. The fraction of sp³-hybridized carbons (Fsp3) is 0.160. The molecule has 1 unspecified atom stereocenters. The molecule has 0 fully saturated rings. The van der Waals surface area contributed by atoms with Crippen LogP contribution in [0.5, 0.6) is 0 Å². The largest absolute Gasteiger partial charge is 0.481 e. The van der Waals surface area contributed by atoms with Crippen molar-refractivity contribution < 1.29 is 28.6 Å². The van der Waals surface area contributed by atoms with Crippen molar-refractivity contribution in [3.8, 4) is 11.1 Å². The maximum Gasteiger partial charge on any atom is 0.407 e. The quantitative estimate of drug-likeness (QED) is 0.328. The first kappa shape index (κ1) is 24.7. The van der Waals surface area contributed by atoms with Crippen LogP contribution in [0.3, 0.4) is 0 Å². The van der Waals surface area contributed by atoms with Gasteiger partial charge in [-0.2, -0.15) is 0 Å². The van der Waals surface area contributed by atoms with Crippen molar-refractivity contribution in [2.24, 2.45) is 0 Å². The summed E-state index contributed by atoms with van der Waals surface area (Å²) in [5, 5.41) is 13.9. The fourth-order valence-corrected chi connectivity index (χ4v) is 4.48. The van der Waals surface area contributed by atoms with E-state index in [1.807, 2.05) is 48.5 Å². The highest BCUT2D eigenvalue weighted by Crippen LogP contribution is 2.44. The highest BCUT2D eigenvalue weighted by atomic mass is 79.9. The summed E-state index contributed by atoms with van der Waals surface area (Å²) in [6.07, 6.45) is -1.70. The van der Waals surface area contributed by atoms with Crippen molar-refractivity contribution in [2.75, 3.05) is 11.9 Å². The van der Waals surface area contributed by atoms with E-state index in [0.717, 1.165) is 28.3 Å². The van der Waals surface area contributed by atoms with Gasteiger partial charge in [0.25, 0.3) is 0 Å². The molecule has 0 spiro atoms. The molecule has 4 rings (SSSR count). The van der Waals surface area contributed by atoms with Gasteiger partial charge >= 0.3 is 12.1 Å². The molecule has 0 radical (unpaired) electrons. The van der Waals surface area contributed by atoms with Gasteiger partial charge in [-0.15, -0.1) is 0 Å². The average Bonchev–Trinajstić information content (AvgIpc) is 3.14.